The zero-order valence-corrected chi connectivity index (χ0v) is 17.4. The Bertz CT molecular complexity index is 1230. The lowest BCUT2D eigenvalue weighted by Gasteiger charge is -2.10. The standard InChI is InChI=1S/C20H17FN6O3S/c1-29-15-8-5-13(9-16(15)30-2)24-17(28)10-31-20-18-19(22-11-23-20)27(26-25-18)14-6-3-12(21)4-7-14/h3-9,11H,10H2,1-2H3,(H,24,28). The molecule has 2 aromatic carbocycles. The SMILES string of the molecule is COc1ccc(NC(=O)CSc2ncnc3c2nnn3-c2ccc(F)cc2)cc1OC. The molecule has 4 aromatic rings. The second-order valence-corrected chi connectivity index (χ2v) is 7.20. The van der Waals surface area contributed by atoms with Gasteiger partial charge in [-0.25, -0.2) is 14.4 Å². The van der Waals surface area contributed by atoms with Gasteiger partial charge in [-0.1, -0.05) is 17.0 Å². The van der Waals surface area contributed by atoms with Crippen LogP contribution < -0.4 is 14.8 Å². The molecule has 0 spiro atoms. The zero-order chi connectivity index (χ0) is 21.8. The number of carbonyl (C=O) groups excluding carboxylic acids is 1. The van der Waals surface area contributed by atoms with Crippen molar-refractivity contribution in [2.45, 2.75) is 5.03 Å². The fourth-order valence-electron chi connectivity index (χ4n) is 2.84. The molecule has 0 saturated carbocycles. The van der Waals surface area contributed by atoms with Crippen LogP contribution in [0.1, 0.15) is 0 Å². The van der Waals surface area contributed by atoms with Gasteiger partial charge in [0.25, 0.3) is 0 Å². The normalized spacial score (nSPS) is 10.8. The number of aromatic nitrogens is 5. The third kappa shape index (κ3) is 4.40. The van der Waals surface area contributed by atoms with E-state index in [2.05, 4.69) is 25.6 Å². The van der Waals surface area contributed by atoms with E-state index in [1.807, 2.05) is 0 Å². The molecule has 0 unspecified atom stereocenters. The highest BCUT2D eigenvalue weighted by atomic mass is 32.2. The summed E-state index contributed by atoms with van der Waals surface area (Å²) < 4.78 is 25.1. The molecule has 0 saturated heterocycles. The van der Waals surface area contributed by atoms with Crippen molar-refractivity contribution in [1.82, 2.24) is 25.0 Å². The highest BCUT2D eigenvalue weighted by molar-refractivity contribution is 8.00. The van der Waals surface area contributed by atoms with Gasteiger partial charge in [0, 0.05) is 11.8 Å². The van der Waals surface area contributed by atoms with E-state index in [-0.39, 0.29) is 17.5 Å². The average Bonchev–Trinajstić information content (AvgIpc) is 3.23. The molecule has 31 heavy (non-hydrogen) atoms. The average molecular weight is 440 g/mol. The van der Waals surface area contributed by atoms with E-state index in [0.717, 1.165) is 0 Å². The first-order chi connectivity index (χ1) is 15.1. The molecular weight excluding hydrogens is 423 g/mol. The van der Waals surface area contributed by atoms with Gasteiger partial charge >= 0.3 is 0 Å². The maximum Gasteiger partial charge on any atom is 0.234 e. The Hall–Kier alpha value is -3.73. The molecule has 1 N–H and O–H groups in total. The summed E-state index contributed by atoms with van der Waals surface area (Å²) in [7, 11) is 3.07. The van der Waals surface area contributed by atoms with Gasteiger partial charge in [-0.2, -0.15) is 4.68 Å². The van der Waals surface area contributed by atoms with Gasteiger partial charge in [-0.05, 0) is 36.4 Å². The van der Waals surface area contributed by atoms with Crippen LogP contribution in [0.2, 0.25) is 0 Å². The maximum absolute atomic E-state index is 13.2. The smallest absolute Gasteiger partial charge is 0.234 e. The third-order valence-corrected chi connectivity index (χ3v) is 5.26. The van der Waals surface area contributed by atoms with Gasteiger partial charge in [-0.3, -0.25) is 4.79 Å². The van der Waals surface area contributed by atoms with Crippen LogP contribution in [0.5, 0.6) is 11.5 Å². The van der Waals surface area contributed by atoms with E-state index >= 15 is 0 Å². The van der Waals surface area contributed by atoms with Crippen LogP contribution in [0.3, 0.4) is 0 Å². The number of nitrogens with zero attached hydrogens (tertiary/aromatic N) is 5. The predicted molar refractivity (Wildman–Crippen MR) is 113 cm³/mol. The van der Waals surface area contributed by atoms with E-state index in [4.69, 9.17) is 9.47 Å². The second-order valence-electron chi connectivity index (χ2n) is 6.24. The zero-order valence-electron chi connectivity index (χ0n) is 16.6. The van der Waals surface area contributed by atoms with Gasteiger partial charge in [0.2, 0.25) is 5.91 Å². The number of benzene rings is 2. The van der Waals surface area contributed by atoms with Crippen LogP contribution >= 0.6 is 11.8 Å². The van der Waals surface area contributed by atoms with Crippen LogP contribution in [-0.4, -0.2) is 50.8 Å². The highest BCUT2D eigenvalue weighted by Gasteiger charge is 2.15. The number of anilines is 1. The number of ether oxygens (including phenoxy) is 2. The van der Waals surface area contributed by atoms with E-state index in [1.165, 1.54) is 42.0 Å². The Labute approximate surface area is 180 Å². The molecule has 1 amide bonds. The topological polar surface area (TPSA) is 104 Å². The minimum absolute atomic E-state index is 0.101. The summed E-state index contributed by atoms with van der Waals surface area (Å²) in [4.78, 5) is 20.9. The van der Waals surface area contributed by atoms with Gasteiger partial charge in [0.15, 0.2) is 22.7 Å². The number of halogens is 1. The van der Waals surface area contributed by atoms with Crippen LogP contribution in [0.25, 0.3) is 16.9 Å². The van der Waals surface area contributed by atoms with Crippen LogP contribution in [0, 0.1) is 5.82 Å². The van der Waals surface area contributed by atoms with Crippen LogP contribution in [0.15, 0.2) is 53.8 Å². The van der Waals surface area contributed by atoms with E-state index in [0.29, 0.717) is 39.1 Å². The molecular formula is C20H17FN6O3S. The van der Waals surface area contributed by atoms with Crippen molar-refractivity contribution in [3.8, 4) is 17.2 Å². The van der Waals surface area contributed by atoms with Gasteiger partial charge in [0.1, 0.15) is 17.2 Å². The largest absolute Gasteiger partial charge is 0.493 e. The molecule has 0 aliphatic heterocycles. The number of nitrogens with one attached hydrogen (secondary N) is 1. The van der Waals surface area contributed by atoms with Gasteiger partial charge < -0.3 is 14.8 Å². The number of thioether (sulfide) groups is 1. The molecule has 0 bridgehead atoms. The summed E-state index contributed by atoms with van der Waals surface area (Å²) in [6.45, 7) is 0. The first kappa shape index (κ1) is 20.5. The van der Waals surface area contributed by atoms with Crippen molar-refractivity contribution in [1.29, 1.82) is 0 Å². The van der Waals surface area contributed by atoms with Gasteiger partial charge in [0.05, 0.1) is 25.7 Å². The summed E-state index contributed by atoms with van der Waals surface area (Å²) in [6.07, 6.45) is 1.38. The van der Waals surface area contributed by atoms with Crippen molar-refractivity contribution >= 4 is 34.5 Å². The Morgan fingerprint density at radius 3 is 2.61 bits per heavy atom. The summed E-state index contributed by atoms with van der Waals surface area (Å²) in [5.74, 6) is 0.615. The molecule has 11 heteroatoms. The Morgan fingerprint density at radius 2 is 1.87 bits per heavy atom. The number of fused-ring (bicyclic) bond motifs is 1. The van der Waals surface area contributed by atoms with Crippen molar-refractivity contribution in [2.24, 2.45) is 0 Å². The molecule has 9 nitrogen and oxygen atoms in total. The summed E-state index contributed by atoms with van der Waals surface area (Å²) in [5.41, 5.74) is 2.11. The number of carbonyl (C=O) groups is 1. The van der Waals surface area contributed by atoms with Crippen molar-refractivity contribution in [2.75, 3.05) is 25.3 Å². The molecule has 0 aliphatic carbocycles. The number of hydrogen-bond donors (Lipinski definition) is 1. The quantitative estimate of drug-likeness (QED) is 0.345. The highest BCUT2D eigenvalue weighted by Crippen LogP contribution is 2.30. The van der Waals surface area contributed by atoms with Crippen molar-refractivity contribution in [3.63, 3.8) is 0 Å². The third-order valence-electron chi connectivity index (χ3n) is 4.28. The number of methoxy groups -OCH3 is 2. The molecule has 4 rings (SSSR count). The number of rotatable bonds is 7. The molecule has 158 valence electrons. The molecule has 0 atom stereocenters. The molecule has 0 fully saturated rings. The lowest BCUT2D eigenvalue weighted by atomic mass is 10.2. The monoisotopic (exact) mass is 440 g/mol. The predicted octanol–water partition coefficient (Wildman–Crippen LogP) is 3.10. The molecule has 0 radical (unpaired) electrons. The lowest BCUT2D eigenvalue weighted by Crippen LogP contribution is -2.14. The lowest BCUT2D eigenvalue weighted by molar-refractivity contribution is -0.113. The second kappa shape index (κ2) is 8.96. The van der Waals surface area contributed by atoms with E-state index in [9.17, 15) is 9.18 Å². The molecule has 0 aliphatic rings. The van der Waals surface area contributed by atoms with Gasteiger partial charge in [-0.15, -0.1) is 5.10 Å². The summed E-state index contributed by atoms with van der Waals surface area (Å²) in [5, 5.41) is 11.5. The first-order valence-electron chi connectivity index (χ1n) is 9.06. The van der Waals surface area contributed by atoms with E-state index in [1.54, 1.807) is 37.4 Å². The fraction of sp³-hybridized carbons (Fsp3) is 0.150. The van der Waals surface area contributed by atoms with Crippen LogP contribution in [-0.2, 0) is 4.79 Å². The minimum Gasteiger partial charge on any atom is -0.493 e. The minimum atomic E-state index is -0.348. The number of hydrogen-bond acceptors (Lipinski definition) is 8. The fourth-order valence-corrected chi connectivity index (χ4v) is 3.57. The Morgan fingerprint density at radius 1 is 1.10 bits per heavy atom. The van der Waals surface area contributed by atoms with Crippen molar-refractivity contribution < 1.29 is 18.7 Å². The summed E-state index contributed by atoms with van der Waals surface area (Å²) >= 11 is 1.21. The first-order valence-corrected chi connectivity index (χ1v) is 10.0. The molecule has 2 aromatic heterocycles. The van der Waals surface area contributed by atoms with Crippen LogP contribution in [0.4, 0.5) is 10.1 Å². The molecule has 2 heterocycles. The Kier molecular flexibility index (Phi) is 5.94. The summed E-state index contributed by atoms with van der Waals surface area (Å²) in [6, 6.07) is 10.9. The Balaban J connectivity index is 1.48. The number of amides is 1. The van der Waals surface area contributed by atoms with Crippen molar-refractivity contribution in [3.05, 3.63) is 54.6 Å². The maximum atomic E-state index is 13.2. The van der Waals surface area contributed by atoms with E-state index < -0.39 is 0 Å².